The van der Waals surface area contributed by atoms with Crippen molar-refractivity contribution >= 4 is 18.5 Å². The van der Waals surface area contributed by atoms with E-state index in [0.29, 0.717) is 0 Å². The molecule has 60 valence electrons. The van der Waals surface area contributed by atoms with Crippen LogP contribution in [-0.2, 0) is 4.79 Å². The standard InChI is InChI=1S/C6H6S.C2H5NO/c7-6-4-2-1-3-5-6;1-2(3)4/h1-5,7H;1H3,(H2,3,4). The number of benzene rings is 1. The van der Waals surface area contributed by atoms with Crippen molar-refractivity contribution in [3.05, 3.63) is 30.3 Å². The highest BCUT2D eigenvalue weighted by Crippen LogP contribution is 2.00. The van der Waals surface area contributed by atoms with E-state index in [-0.39, 0.29) is 5.91 Å². The molecule has 1 aromatic rings. The summed E-state index contributed by atoms with van der Waals surface area (Å²) in [5.74, 6) is -0.333. The summed E-state index contributed by atoms with van der Waals surface area (Å²) in [5.41, 5.74) is 4.47. The smallest absolute Gasteiger partial charge is 0.214 e. The lowest BCUT2D eigenvalue weighted by atomic mass is 10.4. The van der Waals surface area contributed by atoms with Gasteiger partial charge in [0, 0.05) is 11.8 Å². The van der Waals surface area contributed by atoms with Crippen molar-refractivity contribution in [2.45, 2.75) is 11.8 Å². The minimum atomic E-state index is -0.333. The summed E-state index contributed by atoms with van der Waals surface area (Å²) in [4.78, 5) is 10.2. The molecule has 1 aromatic carbocycles. The van der Waals surface area contributed by atoms with E-state index >= 15 is 0 Å². The lowest BCUT2D eigenvalue weighted by Crippen LogP contribution is -2.01. The molecule has 3 heteroatoms. The topological polar surface area (TPSA) is 43.1 Å². The van der Waals surface area contributed by atoms with Gasteiger partial charge in [-0.2, -0.15) is 0 Å². The molecule has 0 saturated heterocycles. The van der Waals surface area contributed by atoms with Gasteiger partial charge in [0.2, 0.25) is 5.91 Å². The fourth-order valence-electron chi connectivity index (χ4n) is 0.428. The second kappa shape index (κ2) is 5.80. The summed E-state index contributed by atoms with van der Waals surface area (Å²) in [6.45, 7) is 1.31. The highest BCUT2D eigenvalue weighted by atomic mass is 32.1. The molecular formula is C8H11NOS. The molecule has 0 heterocycles. The molecule has 2 N–H and O–H groups in total. The molecule has 0 atom stereocenters. The third-order valence-electron chi connectivity index (χ3n) is 0.756. The first-order valence-corrected chi connectivity index (χ1v) is 3.57. The van der Waals surface area contributed by atoms with Crippen molar-refractivity contribution < 1.29 is 4.79 Å². The molecule has 0 aromatic heterocycles. The number of rotatable bonds is 0. The first kappa shape index (κ1) is 10.0. The van der Waals surface area contributed by atoms with E-state index in [1.807, 2.05) is 30.3 Å². The van der Waals surface area contributed by atoms with Crippen LogP contribution in [0.4, 0.5) is 0 Å². The third kappa shape index (κ3) is 9.04. The van der Waals surface area contributed by atoms with E-state index < -0.39 is 0 Å². The first-order valence-electron chi connectivity index (χ1n) is 3.13. The third-order valence-corrected chi connectivity index (χ3v) is 1.05. The number of primary amides is 1. The number of hydrogen-bond donors (Lipinski definition) is 2. The SMILES string of the molecule is CC(N)=O.Sc1ccccc1. The van der Waals surface area contributed by atoms with Gasteiger partial charge in [-0.1, -0.05) is 18.2 Å². The fraction of sp³-hybridized carbons (Fsp3) is 0.125. The van der Waals surface area contributed by atoms with Crippen molar-refractivity contribution in [3.63, 3.8) is 0 Å². The molecule has 0 radical (unpaired) electrons. The minimum Gasteiger partial charge on any atom is -0.370 e. The molecule has 0 unspecified atom stereocenters. The van der Waals surface area contributed by atoms with Crippen LogP contribution < -0.4 is 5.73 Å². The molecule has 11 heavy (non-hydrogen) atoms. The number of carbonyl (C=O) groups is 1. The summed E-state index contributed by atoms with van der Waals surface area (Å²) in [5, 5.41) is 0. The Morgan fingerprint density at radius 3 is 1.91 bits per heavy atom. The van der Waals surface area contributed by atoms with Crippen LogP contribution in [0.1, 0.15) is 6.92 Å². The van der Waals surface area contributed by atoms with Crippen molar-refractivity contribution in [1.29, 1.82) is 0 Å². The van der Waals surface area contributed by atoms with E-state index in [1.165, 1.54) is 6.92 Å². The molecule has 2 nitrogen and oxygen atoms in total. The van der Waals surface area contributed by atoms with Gasteiger partial charge >= 0.3 is 0 Å². The second-order valence-corrected chi connectivity index (χ2v) is 2.46. The molecule has 0 saturated carbocycles. The van der Waals surface area contributed by atoms with Crippen LogP contribution in [0.25, 0.3) is 0 Å². The molecule has 0 aliphatic carbocycles. The zero-order chi connectivity index (χ0) is 8.69. The average Bonchev–Trinajstić information content (AvgIpc) is 1.87. The van der Waals surface area contributed by atoms with Gasteiger partial charge in [-0.15, -0.1) is 12.6 Å². The summed E-state index contributed by atoms with van der Waals surface area (Å²) >= 11 is 4.08. The highest BCUT2D eigenvalue weighted by Gasteiger charge is 1.73. The lowest BCUT2D eigenvalue weighted by Gasteiger charge is -1.81. The predicted octanol–water partition coefficient (Wildman–Crippen LogP) is 1.47. The Hall–Kier alpha value is -0.960. The van der Waals surface area contributed by atoms with E-state index in [2.05, 4.69) is 18.4 Å². The molecule has 0 spiro atoms. The summed E-state index contributed by atoms with van der Waals surface area (Å²) in [7, 11) is 0. The molecule has 0 fully saturated rings. The van der Waals surface area contributed by atoms with Gasteiger partial charge in [0.15, 0.2) is 0 Å². The van der Waals surface area contributed by atoms with Crippen LogP contribution in [-0.4, -0.2) is 5.91 Å². The summed E-state index contributed by atoms with van der Waals surface area (Å²) in [6.07, 6.45) is 0. The Bertz CT molecular complexity index is 207. The number of thiol groups is 1. The van der Waals surface area contributed by atoms with Gasteiger partial charge in [-0.25, -0.2) is 0 Å². The van der Waals surface area contributed by atoms with Crippen LogP contribution in [0, 0.1) is 0 Å². The van der Waals surface area contributed by atoms with E-state index in [9.17, 15) is 4.79 Å². The fourth-order valence-corrected chi connectivity index (χ4v) is 0.600. The highest BCUT2D eigenvalue weighted by molar-refractivity contribution is 7.80. The van der Waals surface area contributed by atoms with Crippen molar-refractivity contribution in [2.24, 2.45) is 5.73 Å². The first-order chi connectivity index (χ1) is 5.13. The Labute approximate surface area is 71.8 Å². The maximum absolute atomic E-state index is 9.22. The maximum Gasteiger partial charge on any atom is 0.214 e. The van der Waals surface area contributed by atoms with E-state index in [4.69, 9.17) is 0 Å². The second-order valence-electron chi connectivity index (χ2n) is 1.95. The molecule has 0 aliphatic heterocycles. The number of amides is 1. The van der Waals surface area contributed by atoms with Crippen molar-refractivity contribution in [2.75, 3.05) is 0 Å². The Morgan fingerprint density at radius 2 is 1.73 bits per heavy atom. The lowest BCUT2D eigenvalue weighted by molar-refractivity contribution is -0.115. The largest absolute Gasteiger partial charge is 0.370 e. The van der Waals surface area contributed by atoms with Gasteiger partial charge in [0.1, 0.15) is 0 Å². The van der Waals surface area contributed by atoms with Gasteiger partial charge in [0.25, 0.3) is 0 Å². The average molecular weight is 169 g/mol. The van der Waals surface area contributed by atoms with Crippen LogP contribution in [0.2, 0.25) is 0 Å². The van der Waals surface area contributed by atoms with Gasteiger partial charge in [-0.3, -0.25) is 4.79 Å². The Balaban J connectivity index is 0.000000218. The van der Waals surface area contributed by atoms with Crippen molar-refractivity contribution in [3.8, 4) is 0 Å². The normalized spacial score (nSPS) is 7.82. The van der Waals surface area contributed by atoms with Crippen LogP contribution in [0.3, 0.4) is 0 Å². The van der Waals surface area contributed by atoms with Crippen LogP contribution in [0.5, 0.6) is 0 Å². The Kier molecular flexibility index (Phi) is 5.29. The van der Waals surface area contributed by atoms with Gasteiger partial charge < -0.3 is 5.73 Å². The van der Waals surface area contributed by atoms with Crippen LogP contribution >= 0.6 is 12.6 Å². The van der Waals surface area contributed by atoms with Crippen LogP contribution in [0.15, 0.2) is 35.2 Å². The van der Waals surface area contributed by atoms with Gasteiger partial charge in [0.05, 0.1) is 0 Å². The molecule has 1 amide bonds. The zero-order valence-corrected chi connectivity index (χ0v) is 7.21. The number of hydrogen-bond acceptors (Lipinski definition) is 2. The molecule has 1 rings (SSSR count). The molecule has 0 aliphatic rings. The summed E-state index contributed by atoms with van der Waals surface area (Å²) < 4.78 is 0. The van der Waals surface area contributed by atoms with E-state index in [1.54, 1.807) is 0 Å². The number of carbonyl (C=O) groups excluding carboxylic acids is 1. The Morgan fingerprint density at radius 1 is 1.36 bits per heavy atom. The van der Waals surface area contributed by atoms with E-state index in [0.717, 1.165) is 4.90 Å². The summed E-state index contributed by atoms with van der Waals surface area (Å²) in [6, 6.07) is 9.79. The van der Waals surface area contributed by atoms with Crippen molar-refractivity contribution in [1.82, 2.24) is 0 Å². The molecular weight excluding hydrogens is 158 g/mol. The quantitative estimate of drug-likeness (QED) is 0.567. The zero-order valence-electron chi connectivity index (χ0n) is 6.32. The minimum absolute atomic E-state index is 0.333. The maximum atomic E-state index is 9.22. The predicted molar refractivity (Wildman–Crippen MR) is 48.6 cm³/mol. The number of nitrogens with two attached hydrogens (primary N) is 1. The van der Waals surface area contributed by atoms with Gasteiger partial charge in [-0.05, 0) is 12.1 Å². The monoisotopic (exact) mass is 169 g/mol. The molecule has 0 bridgehead atoms.